The number of nitrogens with one attached hydrogen (secondary N) is 1. The van der Waals surface area contributed by atoms with Gasteiger partial charge in [0.2, 0.25) is 0 Å². The molecule has 0 aliphatic heterocycles. The van der Waals surface area contributed by atoms with Crippen LogP contribution in [-0.4, -0.2) is 12.2 Å². The van der Waals surface area contributed by atoms with Gasteiger partial charge in [0.25, 0.3) is 0 Å². The molecule has 0 aromatic heterocycles. The number of halogens is 1. The molecule has 0 atom stereocenters. The Hall–Kier alpha value is -2.89. The highest BCUT2D eigenvalue weighted by Gasteiger charge is 2.02. The molecule has 3 N–H and O–H groups in total. The molecule has 0 radical (unpaired) electrons. The van der Waals surface area contributed by atoms with Gasteiger partial charge in [-0.1, -0.05) is 12.1 Å². The van der Waals surface area contributed by atoms with Gasteiger partial charge in [-0.3, -0.25) is 0 Å². The maximum absolute atomic E-state index is 12.8. The van der Waals surface area contributed by atoms with Crippen molar-refractivity contribution in [1.82, 2.24) is 5.43 Å². The lowest BCUT2D eigenvalue weighted by Gasteiger charge is -2.08. The minimum absolute atomic E-state index is 0.335. The van der Waals surface area contributed by atoms with Crippen molar-refractivity contribution < 1.29 is 13.9 Å². The Morgan fingerprint density at radius 1 is 1.20 bits per heavy atom. The van der Waals surface area contributed by atoms with E-state index in [1.54, 1.807) is 24.3 Å². The molecule has 0 saturated heterocycles. The van der Waals surface area contributed by atoms with Gasteiger partial charge in [-0.2, -0.15) is 5.10 Å². The van der Waals surface area contributed by atoms with E-state index >= 15 is 0 Å². The molecule has 2 rings (SSSR count). The van der Waals surface area contributed by atoms with Gasteiger partial charge in [0.05, 0.1) is 6.21 Å². The molecule has 0 spiro atoms. The summed E-state index contributed by atoms with van der Waals surface area (Å²) in [5.41, 5.74) is 7.64. The second-order valence-electron chi connectivity index (χ2n) is 3.83. The lowest BCUT2D eigenvalue weighted by molar-refractivity contribution is 0.249. The van der Waals surface area contributed by atoms with Crippen LogP contribution in [0.5, 0.6) is 11.5 Å². The Morgan fingerprint density at radius 2 is 1.90 bits per heavy atom. The molecule has 0 fully saturated rings. The van der Waals surface area contributed by atoms with Crippen LogP contribution in [0.4, 0.5) is 9.18 Å². The third-order valence-corrected chi connectivity index (χ3v) is 2.34. The standard InChI is InChI=1S/C14H12FN3O2/c15-11-5-7-12(8-6-11)20-13-4-2-1-3-10(13)9-17-18-14(16)19/h1-9H,(H3,16,18,19)/b17-9-. The summed E-state index contributed by atoms with van der Waals surface area (Å²) in [4.78, 5) is 10.5. The third kappa shape index (κ3) is 3.81. The summed E-state index contributed by atoms with van der Waals surface area (Å²) < 4.78 is 18.4. The van der Waals surface area contributed by atoms with Crippen molar-refractivity contribution in [2.24, 2.45) is 10.8 Å². The zero-order valence-electron chi connectivity index (χ0n) is 10.4. The summed E-state index contributed by atoms with van der Waals surface area (Å²) in [6.45, 7) is 0. The molecular formula is C14H12FN3O2. The van der Waals surface area contributed by atoms with Crippen LogP contribution in [0.25, 0.3) is 0 Å². The first-order valence-corrected chi connectivity index (χ1v) is 5.76. The maximum Gasteiger partial charge on any atom is 0.332 e. The molecule has 2 aromatic carbocycles. The quantitative estimate of drug-likeness (QED) is 0.663. The first-order valence-electron chi connectivity index (χ1n) is 5.76. The summed E-state index contributed by atoms with van der Waals surface area (Å²) in [5, 5.41) is 3.67. The number of rotatable bonds is 4. The number of benzene rings is 2. The average molecular weight is 273 g/mol. The van der Waals surface area contributed by atoms with E-state index in [0.29, 0.717) is 17.1 Å². The molecule has 0 aliphatic carbocycles. The van der Waals surface area contributed by atoms with Crippen molar-refractivity contribution in [1.29, 1.82) is 0 Å². The molecule has 2 aromatic rings. The maximum atomic E-state index is 12.8. The Labute approximate surface area is 114 Å². The minimum Gasteiger partial charge on any atom is -0.457 e. The van der Waals surface area contributed by atoms with E-state index in [1.165, 1.54) is 30.5 Å². The highest BCUT2D eigenvalue weighted by atomic mass is 19.1. The number of ether oxygens (including phenoxy) is 1. The van der Waals surface area contributed by atoms with E-state index in [0.717, 1.165) is 0 Å². The topological polar surface area (TPSA) is 76.7 Å². The van der Waals surface area contributed by atoms with Crippen LogP contribution < -0.4 is 15.9 Å². The Morgan fingerprint density at radius 3 is 2.60 bits per heavy atom. The monoisotopic (exact) mass is 273 g/mol. The number of hydrogen-bond donors (Lipinski definition) is 2. The number of nitrogens with two attached hydrogens (primary N) is 1. The van der Waals surface area contributed by atoms with Crippen molar-refractivity contribution >= 4 is 12.2 Å². The van der Waals surface area contributed by atoms with Gasteiger partial charge < -0.3 is 10.5 Å². The molecule has 0 aliphatic rings. The van der Waals surface area contributed by atoms with E-state index in [4.69, 9.17) is 10.5 Å². The fourth-order valence-corrected chi connectivity index (χ4v) is 1.48. The van der Waals surface area contributed by atoms with Gasteiger partial charge >= 0.3 is 6.03 Å². The summed E-state index contributed by atoms with van der Waals surface area (Å²) in [6.07, 6.45) is 1.41. The van der Waals surface area contributed by atoms with Gasteiger partial charge in [0.1, 0.15) is 17.3 Å². The SMILES string of the molecule is NC(=O)N/N=C\c1ccccc1Oc1ccc(F)cc1. The van der Waals surface area contributed by atoms with E-state index in [1.807, 2.05) is 0 Å². The molecule has 102 valence electrons. The molecule has 6 heteroatoms. The van der Waals surface area contributed by atoms with Gasteiger partial charge in [0.15, 0.2) is 0 Å². The number of primary amides is 1. The normalized spacial score (nSPS) is 10.4. The molecule has 20 heavy (non-hydrogen) atoms. The molecule has 0 unspecified atom stereocenters. The Kier molecular flexibility index (Phi) is 4.28. The summed E-state index contributed by atoms with van der Waals surface area (Å²) in [5.74, 6) is 0.682. The molecule has 0 bridgehead atoms. The number of para-hydroxylation sites is 1. The number of nitrogens with zero attached hydrogens (tertiary/aromatic N) is 1. The molecule has 5 nitrogen and oxygen atoms in total. The van der Waals surface area contributed by atoms with Crippen LogP contribution >= 0.6 is 0 Å². The highest BCUT2D eigenvalue weighted by Crippen LogP contribution is 2.24. The Bertz CT molecular complexity index is 627. The molecule has 2 amide bonds. The third-order valence-electron chi connectivity index (χ3n) is 2.34. The van der Waals surface area contributed by atoms with Gasteiger partial charge in [-0.05, 0) is 36.4 Å². The summed E-state index contributed by atoms with van der Waals surface area (Å²) in [7, 11) is 0. The number of hydrazone groups is 1. The van der Waals surface area contributed by atoms with Crippen LogP contribution in [0, 0.1) is 5.82 Å². The summed E-state index contributed by atoms with van der Waals surface area (Å²) >= 11 is 0. The largest absolute Gasteiger partial charge is 0.457 e. The van der Waals surface area contributed by atoms with Gasteiger partial charge in [-0.25, -0.2) is 14.6 Å². The van der Waals surface area contributed by atoms with E-state index in [9.17, 15) is 9.18 Å². The lowest BCUT2D eigenvalue weighted by Crippen LogP contribution is -2.24. The van der Waals surface area contributed by atoms with Crippen molar-refractivity contribution in [2.75, 3.05) is 0 Å². The minimum atomic E-state index is -0.752. The second-order valence-corrected chi connectivity index (χ2v) is 3.83. The Balaban J connectivity index is 2.17. The van der Waals surface area contributed by atoms with E-state index in [2.05, 4.69) is 10.5 Å². The fraction of sp³-hybridized carbons (Fsp3) is 0. The van der Waals surface area contributed by atoms with Crippen molar-refractivity contribution in [3.8, 4) is 11.5 Å². The predicted molar refractivity (Wildman–Crippen MR) is 73.2 cm³/mol. The number of urea groups is 1. The lowest BCUT2D eigenvalue weighted by atomic mass is 10.2. The van der Waals surface area contributed by atoms with Crippen LogP contribution in [0.1, 0.15) is 5.56 Å². The van der Waals surface area contributed by atoms with Crippen LogP contribution in [0.15, 0.2) is 53.6 Å². The number of hydrogen-bond acceptors (Lipinski definition) is 3. The summed E-state index contributed by atoms with van der Waals surface area (Å²) in [6, 6.07) is 12.0. The zero-order chi connectivity index (χ0) is 14.4. The van der Waals surface area contributed by atoms with Crippen LogP contribution in [-0.2, 0) is 0 Å². The second kappa shape index (κ2) is 6.33. The van der Waals surface area contributed by atoms with Gasteiger partial charge in [-0.15, -0.1) is 0 Å². The van der Waals surface area contributed by atoms with E-state index in [-0.39, 0.29) is 5.82 Å². The first kappa shape index (κ1) is 13.5. The van der Waals surface area contributed by atoms with Crippen molar-refractivity contribution in [3.63, 3.8) is 0 Å². The average Bonchev–Trinajstić information content (AvgIpc) is 2.43. The van der Waals surface area contributed by atoms with E-state index < -0.39 is 6.03 Å². The van der Waals surface area contributed by atoms with Crippen LogP contribution in [0.2, 0.25) is 0 Å². The van der Waals surface area contributed by atoms with Crippen molar-refractivity contribution in [2.45, 2.75) is 0 Å². The molecule has 0 saturated carbocycles. The molecule has 0 heterocycles. The number of carbonyl (C=O) groups excluding carboxylic acids is 1. The molecular weight excluding hydrogens is 261 g/mol. The van der Waals surface area contributed by atoms with Crippen molar-refractivity contribution in [3.05, 3.63) is 59.9 Å². The first-order chi connectivity index (χ1) is 9.65. The highest BCUT2D eigenvalue weighted by molar-refractivity contribution is 5.84. The zero-order valence-corrected chi connectivity index (χ0v) is 10.4. The number of carbonyl (C=O) groups is 1. The number of amides is 2. The fourth-order valence-electron chi connectivity index (χ4n) is 1.48. The van der Waals surface area contributed by atoms with Gasteiger partial charge in [0, 0.05) is 5.56 Å². The van der Waals surface area contributed by atoms with Crippen LogP contribution in [0.3, 0.4) is 0 Å². The predicted octanol–water partition coefficient (Wildman–Crippen LogP) is 2.62. The smallest absolute Gasteiger partial charge is 0.332 e.